The van der Waals surface area contributed by atoms with Crippen molar-refractivity contribution in [2.24, 2.45) is 0 Å². The molecule has 0 N–H and O–H groups in total. The summed E-state index contributed by atoms with van der Waals surface area (Å²) in [6, 6.07) is 2.55. The lowest BCUT2D eigenvalue weighted by atomic mass is 10.7. The van der Waals surface area contributed by atoms with Gasteiger partial charge in [0.25, 0.3) is 0 Å². The lowest BCUT2D eigenvalue weighted by Crippen LogP contribution is -1.81. The number of hydrogen-bond donors (Lipinski definition) is 0. The van der Waals surface area contributed by atoms with Gasteiger partial charge in [-0.1, -0.05) is 0 Å². The maximum Gasteiger partial charge on any atom is 0.358 e. The van der Waals surface area contributed by atoms with Crippen LogP contribution in [0.5, 0.6) is 0 Å². The van der Waals surface area contributed by atoms with Crippen molar-refractivity contribution in [1.29, 1.82) is 0 Å². The van der Waals surface area contributed by atoms with Crippen LogP contribution in [0.2, 0.25) is 0 Å². The van der Waals surface area contributed by atoms with Crippen molar-refractivity contribution in [1.82, 2.24) is 0 Å². The van der Waals surface area contributed by atoms with Crippen LogP contribution in [-0.4, -0.2) is 0 Å². The summed E-state index contributed by atoms with van der Waals surface area (Å²) >= 11 is 0.757. The monoisotopic (exact) mass is 208 g/mol. The molecule has 0 amide bonds. The second kappa shape index (κ2) is 3.26. The summed E-state index contributed by atoms with van der Waals surface area (Å²) < 4.78 is 41.3. The fourth-order valence-electron chi connectivity index (χ4n) is 0.514. The normalized spacial score (nSPS) is 9.45. The lowest BCUT2D eigenvalue weighted by molar-refractivity contribution is 0.522. The van der Waals surface area contributed by atoms with Crippen LogP contribution in [0.4, 0.5) is 0 Å². The van der Waals surface area contributed by atoms with Gasteiger partial charge in [0.15, 0.2) is 0 Å². The van der Waals surface area contributed by atoms with E-state index in [1.54, 1.807) is 0 Å². The van der Waals surface area contributed by atoms with Crippen molar-refractivity contribution in [3.05, 3.63) is 12.1 Å². The molecule has 0 aliphatic carbocycles. The van der Waals surface area contributed by atoms with Crippen molar-refractivity contribution in [2.45, 2.75) is 0 Å². The quantitative estimate of drug-likeness (QED) is 0.687. The van der Waals surface area contributed by atoms with Gasteiger partial charge in [0.05, 0.1) is 0 Å². The molecule has 0 unspecified atom stereocenters. The summed E-state index contributed by atoms with van der Waals surface area (Å²) in [6.07, 6.45) is 0. The second-order valence-electron chi connectivity index (χ2n) is 1.63. The summed E-state index contributed by atoms with van der Waals surface area (Å²) in [4.78, 5) is 0. The summed E-state index contributed by atoms with van der Waals surface area (Å²) in [5.74, 6) is 0. The Hall–Kier alpha value is -0.500. The first kappa shape index (κ1) is 8.60. The Balaban J connectivity index is 3.19. The van der Waals surface area contributed by atoms with Gasteiger partial charge in [-0.2, -0.15) is 0 Å². The SMILES string of the molecule is O=P(=O)c1ccc(P(=O)=O)s1. The van der Waals surface area contributed by atoms with Crippen LogP contribution in [0.25, 0.3) is 0 Å². The molecule has 0 aliphatic heterocycles. The molecule has 0 atom stereocenters. The molecule has 0 aliphatic rings. The average Bonchev–Trinajstić information content (AvgIpc) is 2.33. The topological polar surface area (TPSA) is 68.3 Å². The van der Waals surface area contributed by atoms with Crippen molar-refractivity contribution in [3.8, 4) is 0 Å². The maximum atomic E-state index is 10.3. The molecular formula is C4H2O4P2S. The third-order valence-corrected chi connectivity index (χ3v) is 4.09. The van der Waals surface area contributed by atoms with Gasteiger partial charge < -0.3 is 0 Å². The summed E-state index contributed by atoms with van der Waals surface area (Å²) in [7, 11) is -5.30. The number of rotatable bonds is 2. The minimum absolute atomic E-state index is 0.0780. The van der Waals surface area contributed by atoms with E-state index in [1.165, 1.54) is 12.1 Å². The predicted molar refractivity (Wildman–Crippen MR) is 40.2 cm³/mol. The first-order chi connectivity index (χ1) is 5.11. The van der Waals surface area contributed by atoms with Crippen molar-refractivity contribution in [2.75, 3.05) is 0 Å². The van der Waals surface area contributed by atoms with Crippen LogP contribution in [0.1, 0.15) is 0 Å². The molecule has 1 aromatic heterocycles. The van der Waals surface area contributed by atoms with Crippen LogP contribution < -0.4 is 9.24 Å². The minimum Gasteiger partial charge on any atom is -0.231 e. The molecule has 4 nitrogen and oxygen atoms in total. The molecule has 58 valence electrons. The molecule has 0 saturated heterocycles. The van der Waals surface area contributed by atoms with Gasteiger partial charge >= 0.3 is 15.4 Å². The van der Waals surface area contributed by atoms with Gasteiger partial charge in [-0.05, 0) is 12.1 Å². The minimum atomic E-state index is -2.65. The van der Waals surface area contributed by atoms with Crippen LogP contribution in [0.3, 0.4) is 0 Å². The van der Waals surface area contributed by atoms with Gasteiger partial charge in [-0.25, -0.2) is 18.3 Å². The van der Waals surface area contributed by atoms with E-state index in [9.17, 15) is 18.3 Å². The maximum absolute atomic E-state index is 10.3. The first-order valence-corrected chi connectivity index (χ1v) is 5.67. The molecule has 0 aromatic carbocycles. The lowest BCUT2D eigenvalue weighted by Gasteiger charge is -1.70. The van der Waals surface area contributed by atoms with E-state index in [1.807, 2.05) is 0 Å². The second-order valence-corrected chi connectivity index (χ2v) is 5.31. The largest absolute Gasteiger partial charge is 0.358 e. The van der Waals surface area contributed by atoms with Crippen LogP contribution in [0, 0.1) is 0 Å². The smallest absolute Gasteiger partial charge is 0.231 e. The van der Waals surface area contributed by atoms with Crippen molar-refractivity contribution in [3.63, 3.8) is 0 Å². The fourth-order valence-corrected chi connectivity index (χ4v) is 2.80. The fraction of sp³-hybridized carbons (Fsp3) is 0. The number of thiophene rings is 1. The van der Waals surface area contributed by atoms with E-state index in [2.05, 4.69) is 0 Å². The molecule has 0 fully saturated rings. The molecular weight excluding hydrogens is 206 g/mol. The average molecular weight is 208 g/mol. The van der Waals surface area contributed by atoms with E-state index >= 15 is 0 Å². The Kier molecular flexibility index (Phi) is 2.55. The molecule has 1 rings (SSSR count). The highest BCUT2D eigenvalue weighted by Crippen LogP contribution is 2.14. The van der Waals surface area contributed by atoms with E-state index in [4.69, 9.17) is 0 Å². The third-order valence-electron chi connectivity index (χ3n) is 0.938. The molecule has 0 radical (unpaired) electrons. The van der Waals surface area contributed by atoms with Gasteiger partial charge in [-0.3, -0.25) is 0 Å². The first-order valence-electron chi connectivity index (χ1n) is 2.50. The van der Waals surface area contributed by atoms with Crippen molar-refractivity contribution < 1.29 is 18.3 Å². The third kappa shape index (κ3) is 1.96. The van der Waals surface area contributed by atoms with Gasteiger partial charge in [0, 0.05) is 0 Å². The predicted octanol–water partition coefficient (Wildman–Crippen LogP) is 1.34. The Morgan fingerprint density at radius 1 is 0.909 bits per heavy atom. The Morgan fingerprint density at radius 3 is 1.45 bits per heavy atom. The van der Waals surface area contributed by atoms with Gasteiger partial charge in [0.1, 0.15) is 9.24 Å². The molecule has 0 bridgehead atoms. The zero-order valence-electron chi connectivity index (χ0n) is 5.09. The molecule has 1 aromatic rings. The Morgan fingerprint density at radius 2 is 1.27 bits per heavy atom. The van der Waals surface area contributed by atoms with E-state index in [-0.39, 0.29) is 9.24 Å². The highest BCUT2D eigenvalue weighted by Gasteiger charge is 2.06. The van der Waals surface area contributed by atoms with Crippen molar-refractivity contribution >= 4 is 35.9 Å². The standard InChI is InChI=1S/C4H2O4P2S/c5-9(6)3-1-2-4(11-3)10(7)8/h1-2H. The van der Waals surface area contributed by atoms with Crippen LogP contribution in [0.15, 0.2) is 12.1 Å². The molecule has 1 heterocycles. The highest BCUT2D eigenvalue weighted by atomic mass is 32.1. The number of hydrogen-bond acceptors (Lipinski definition) is 5. The van der Waals surface area contributed by atoms with E-state index in [0.717, 1.165) is 11.3 Å². The summed E-state index contributed by atoms with van der Waals surface area (Å²) in [6.45, 7) is 0. The summed E-state index contributed by atoms with van der Waals surface area (Å²) in [5, 5.41) is 0. The Labute approximate surface area is 66.9 Å². The summed E-state index contributed by atoms with van der Waals surface area (Å²) in [5.41, 5.74) is 0. The van der Waals surface area contributed by atoms with Gasteiger partial charge in [0.2, 0.25) is 0 Å². The van der Waals surface area contributed by atoms with E-state index in [0.29, 0.717) is 0 Å². The zero-order valence-corrected chi connectivity index (χ0v) is 7.70. The van der Waals surface area contributed by atoms with Crippen LogP contribution >= 0.6 is 26.7 Å². The highest BCUT2D eigenvalue weighted by molar-refractivity contribution is 7.60. The molecule has 7 heteroatoms. The van der Waals surface area contributed by atoms with E-state index < -0.39 is 15.4 Å². The molecule has 11 heavy (non-hydrogen) atoms. The van der Waals surface area contributed by atoms with Gasteiger partial charge in [-0.15, -0.1) is 11.3 Å². The molecule has 0 saturated carbocycles. The molecule has 0 spiro atoms. The Bertz CT molecular complexity index is 347. The van der Waals surface area contributed by atoms with Crippen LogP contribution in [-0.2, 0) is 18.3 Å². The zero-order chi connectivity index (χ0) is 8.43.